The van der Waals surface area contributed by atoms with Crippen molar-refractivity contribution < 1.29 is 19.1 Å². The second kappa shape index (κ2) is 7.50. The molecule has 2 aliphatic heterocycles. The monoisotopic (exact) mass is 366 g/mol. The van der Waals surface area contributed by atoms with E-state index in [4.69, 9.17) is 9.47 Å². The zero-order valence-corrected chi connectivity index (χ0v) is 15.1. The molecule has 2 amide bonds. The maximum Gasteiger partial charge on any atom is 0.255 e. The van der Waals surface area contributed by atoms with Crippen LogP contribution in [0.4, 0.5) is 0 Å². The van der Waals surface area contributed by atoms with E-state index in [1.54, 1.807) is 4.90 Å². The van der Waals surface area contributed by atoms with Gasteiger partial charge in [-0.2, -0.15) is 0 Å². The molecule has 0 radical (unpaired) electrons. The van der Waals surface area contributed by atoms with Crippen molar-refractivity contribution in [2.24, 2.45) is 0 Å². The van der Waals surface area contributed by atoms with Crippen LogP contribution in [0.5, 0.6) is 0 Å². The van der Waals surface area contributed by atoms with E-state index in [0.29, 0.717) is 13.0 Å². The van der Waals surface area contributed by atoms with Crippen LogP contribution in [-0.2, 0) is 32.0 Å². The van der Waals surface area contributed by atoms with E-state index < -0.39 is 18.5 Å². The molecule has 6 heteroatoms. The number of nitrogens with zero attached hydrogens (tertiary/aromatic N) is 1. The molecule has 0 saturated carbocycles. The molecule has 0 aromatic heterocycles. The molecule has 27 heavy (non-hydrogen) atoms. The molecule has 2 aromatic carbocycles. The lowest BCUT2D eigenvalue weighted by molar-refractivity contribution is -0.177. The first-order valence-corrected chi connectivity index (χ1v) is 9.08. The predicted octanol–water partition coefficient (Wildman–Crippen LogP) is 1.50. The lowest BCUT2D eigenvalue weighted by Crippen LogP contribution is -2.56. The van der Waals surface area contributed by atoms with Crippen LogP contribution in [0.15, 0.2) is 60.7 Å². The summed E-state index contributed by atoms with van der Waals surface area (Å²) in [6, 6.07) is 19.4. The Morgan fingerprint density at radius 1 is 1.00 bits per heavy atom. The van der Waals surface area contributed by atoms with Crippen molar-refractivity contribution in [1.29, 1.82) is 0 Å². The minimum atomic E-state index is -0.911. The van der Waals surface area contributed by atoms with Gasteiger partial charge in [0.05, 0.1) is 6.04 Å². The Kier molecular flexibility index (Phi) is 4.92. The molecule has 2 aromatic rings. The molecule has 1 N–H and O–H groups in total. The second-order valence-electron chi connectivity index (χ2n) is 6.80. The van der Waals surface area contributed by atoms with Gasteiger partial charge in [-0.15, -0.1) is 0 Å². The molecule has 2 bridgehead atoms. The second-order valence-corrected chi connectivity index (χ2v) is 6.80. The van der Waals surface area contributed by atoms with Crippen LogP contribution in [0.2, 0.25) is 0 Å². The first-order valence-electron chi connectivity index (χ1n) is 9.08. The van der Waals surface area contributed by atoms with E-state index in [1.807, 2.05) is 60.7 Å². The Morgan fingerprint density at radius 2 is 1.63 bits per heavy atom. The summed E-state index contributed by atoms with van der Waals surface area (Å²) in [5, 5.41) is 2.55. The number of hydrogen-bond donors (Lipinski definition) is 1. The fourth-order valence-electron chi connectivity index (χ4n) is 3.69. The van der Waals surface area contributed by atoms with Crippen molar-refractivity contribution >= 4 is 11.8 Å². The van der Waals surface area contributed by atoms with Gasteiger partial charge in [-0.1, -0.05) is 60.7 Å². The maximum absolute atomic E-state index is 13.2. The standard InChI is InChI=1S/C21H22N2O4/c1-22-19(24)17-18-20(25)23(13-15-10-6-3-7-11-15)16(21(26-17)27-18)12-14-8-4-2-5-9-14/h2-11,16-18,21H,12-13H2,1H3,(H,22,24)/t16-,17+,18+,21+/m0/s1. The SMILES string of the molecule is CNC(=O)[C@@H]1O[C@@H]2O[C@H]1C(=O)N(Cc1ccccc1)[C@H]2Cc1ccccc1. The highest BCUT2D eigenvalue weighted by atomic mass is 16.7. The van der Waals surface area contributed by atoms with Gasteiger partial charge in [0.2, 0.25) is 0 Å². The molecule has 0 unspecified atom stereocenters. The highest BCUT2D eigenvalue weighted by molar-refractivity contribution is 5.92. The molecular formula is C21H22N2O4. The fraction of sp³-hybridized carbons (Fsp3) is 0.333. The quantitative estimate of drug-likeness (QED) is 0.871. The minimum Gasteiger partial charge on any atom is -0.357 e. The summed E-state index contributed by atoms with van der Waals surface area (Å²) in [4.78, 5) is 27.1. The van der Waals surface area contributed by atoms with E-state index in [-0.39, 0.29) is 17.9 Å². The van der Waals surface area contributed by atoms with Crippen LogP contribution in [0, 0.1) is 0 Å². The van der Waals surface area contributed by atoms with Crippen LogP contribution in [0.3, 0.4) is 0 Å². The van der Waals surface area contributed by atoms with Crippen LogP contribution in [-0.4, -0.2) is 48.3 Å². The van der Waals surface area contributed by atoms with Gasteiger partial charge < -0.3 is 19.7 Å². The van der Waals surface area contributed by atoms with Gasteiger partial charge >= 0.3 is 0 Å². The number of likely N-dealkylation sites (N-methyl/N-ethyl adjacent to an activating group) is 1. The Balaban J connectivity index is 1.64. The molecule has 4 atom stereocenters. The number of nitrogens with one attached hydrogen (secondary N) is 1. The zero-order valence-electron chi connectivity index (χ0n) is 15.1. The van der Waals surface area contributed by atoms with Crippen molar-refractivity contribution in [2.45, 2.75) is 37.5 Å². The highest BCUT2D eigenvalue weighted by Gasteiger charge is 2.55. The van der Waals surface area contributed by atoms with Gasteiger partial charge in [0, 0.05) is 13.6 Å². The molecule has 4 rings (SSSR count). The third-order valence-corrected chi connectivity index (χ3v) is 5.07. The van der Waals surface area contributed by atoms with Gasteiger partial charge in [0.15, 0.2) is 18.5 Å². The van der Waals surface area contributed by atoms with E-state index >= 15 is 0 Å². The Bertz CT molecular complexity index is 811. The molecule has 6 nitrogen and oxygen atoms in total. The highest BCUT2D eigenvalue weighted by Crippen LogP contribution is 2.34. The Labute approximate surface area is 158 Å². The molecule has 0 aliphatic carbocycles. The minimum absolute atomic E-state index is 0.206. The smallest absolute Gasteiger partial charge is 0.255 e. The number of ether oxygens (including phenoxy) is 2. The number of morpholine rings is 1. The summed E-state index contributed by atoms with van der Waals surface area (Å²) < 4.78 is 11.7. The van der Waals surface area contributed by atoms with E-state index in [2.05, 4.69) is 5.32 Å². The van der Waals surface area contributed by atoms with Crippen molar-refractivity contribution in [3.05, 3.63) is 71.8 Å². The number of fused-ring (bicyclic) bond motifs is 2. The van der Waals surface area contributed by atoms with Crippen LogP contribution < -0.4 is 5.32 Å². The predicted molar refractivity (Wildman–Crippen MR) is 98.5 cm³/mol. The van der Waals surface area contributed by atoms with Gasteiger partial charge in [-0.25, -0.2) is 0 Å². The molecule has 140 valence electrons. The molecule has 2 saturated heterocycles. The van der Waals surface area contributed by atoms with Crippen molar-refractivity contribution in [3.8, 4) is 0 Å². The normalized spacial score (nSPS) is 26.9. The number of carbonyl (C=O) groups is 2. The van der Waals surface area contributed by atoms with E-state index in [0.717, 1.165) is 11.1 Å². The van der Waals surface area contributed by atoms with Crippen molar-refractivity contribution in [2.75, 3.05) is 7.05 Å². The summed E-state index contributed by atoms with van der Waals surface area (Å²) in [7, 11) is 1.53. The van der Waals surface area contributed by atoms with Crippen LogP contribution in [0.1, 0.15) is 11.1 Å². The first-order chi connectivity index (χ1) is 13.2. The molecule has 2 fully saturated rings. The number of hydrogen-bond acceptors (Lipinski definition) is 4. The van der Waals surface area contributed by atoms with Gasteiger partial charge in [0.25, 0.3) is 11.8 Å². The summed E-state index contributed by atoms with van der Waals surface area (Å²) in [6.45, 7) is 0.456. The zero-order chi connectivity index (χ0) is 18.8. The summed E-state index contributed by atoms with van der Waals surface area (Å²) in [6.07, 6.45) is -1.84. The third-order valence-electron chi connectivity index (χ3n) is 5.07. The lowest BCUT2D eigenvalue weighted by Gasteiger charge is -2.38. The van der Waals surface area contributed by atoms with Gasteiger partial charge in [-0.05, 0) is 17.5 Å². The van der Waals surface area contributed by atoms with Crippen LogP contribution in [0.25, 0.3) is 0 Å². The summed E-state index contributed by atoms with van der Waals surface area (Å²) in [5.74, 6) is -0.544. The van der Waals surface area contributed by atoms with Gasteiger partial charge in [0.1, 0.15) is 0 Å². The summed E-state index contributed by atoms with van der Waals surface area (Å²) in [5.41, 5.74) is 2.11. The first kappa shape index (κ1) is 17.7. The van der Waals surface area contributed by atoms with Crippen molar-refractivity contribution in [1.82, 2.24) is 10.2 Å². The van der Waals surface area contributed by atoms with Gasteiger partial charge in [-0.3, -0.25) is 9.59 Å². The number of rotatable bonds is 5. The largest absolute Gasteiger partial charge is 0.357 e. The number of benzene rings is 2. The third kappa shape index (κ3) is 3.46. The summed E-state index contributed by atoms with van der Waals surface area (Å²) >= 11 is 0. The van der Waals surface area contributed by atoms with Crippen LogP contribution >= 0.6 is 0 Å². The lowest BCUT2D eigenvalue weighted by atomic mass is 10.0. The maximum atomic E-state index is 13.2. The van der Waals surface area contributed by atoms with E-state index in [9.17, 15) is 9.59 Å². The topological polar surface area (TPSA) is 67.9 Å². The average molecular weight is 366 g/mol. The van der Waals surface area contributed by atoms with Crippen molar-refractivity contribution in [3.63, 3.8) is 0 Å². The Hall–Kier alpha value is -2.70. The fourth-order valence-corrected chi connectivity index (χ4v) is 3.69. The molecule has 2 aliphatic rings. The number of carbonyl (C=O) groups excluding carboxylic acids is 2. The average Bonchev–Trinajstić information content (AvgIpc) is 3.12. The molecule has 2 heterocycles. The molecular weight excluding hydrogens is 344 g/mol. The number of amides is 2. The Morgan fingerprint density at radius 3 is 2.26 bits per heavy atom. The molecule has 0 spiro atoms. The van der Waals surface area contributed by atoms with E-state index in [1.165, 1.54) is 7.05 Å².